The summed E-state index contributed by atoms with van der Waals surface area (Å²) in [5, 5.41) is 21.9. The van der Waals surface area contributed by atoms with Crippen molar-refractivity contribution < 1.29 is 19.4 Å². The number of carboxylic acids is 1. The van der Waals surface area contributed by atoms with Crippen LogP contribution in [0.3, 0.4) is 0 Å². The number of nitrogens with two attached hydrogens (primary N) is 1. The zero-order valence-corrected chi connectivity index (χ0v) is 23.3. The Morgan fingerprint density at radius 2 is 1.79 bits per heavy atom. The normalized spacial score (nSPS) is 10.9. The lowest BCUT2D eigenvalue weighted by molar-refractivity contribution is 0.0696. The maximum atomic E-state index is 13.3. The van der Waals surface area contributed by atoms with Crippen LogP contribution in [0, 0.1) is 5.41 Å². The predicted octanol–water partition coefficient (Wildman–Crippen LogP) is 5.23. The summed E-state index contributed by atoms with van der Waals surface area (Å²) in [7, 11) is 1.41. The Morgan fingerprint density at radius 3 is 2.48 bits per heavy atom. The van der Waals surface area contributed by atoms with Crippen LogP contribution in [0.25, 0.3) is 22.0 Å². The summed E-state index contributed by atoms with van der Waals surface area (Å²) in [6, 6.07) is 21.7. The largest absolute Gasteiger partial charge is 0.496 e. The number of carbonyl (C=O) groups excluding carboxylic acids is 1. The van der Waals surface area contributed by atoms with Crippen molar-refractivity contribution in [2.75, 3.05) is 7.11 Å². The van der Waals surface area contributed by atoms with Crippen molar-refractivity contribution in [3.05, 3.63) is 119 Å². The van der Waals surface area contributed by atoms with Gasteiger partial charge in [0.05, 0.1) is 30.5 Å². The highest BCUT2D eigenvalue weighted by atomic mass is 16.5. The number of nitrogens with one attached hydrogen (secondary N) is 2. The second-order valence-corrected chi connectivity index (χ2v) is 9.83. The highest BCUT2D eigenvalue weighted by Crippen LogP contribution is 2.35. The number of benzene rings is 3. The molecule has 0 aliphatic rings. The summed E-state index contributed by atoms with van der Waals surface area (Å²) in [5.74, 6) is -1.36. The number of ether oxygens (including phenoxy) is 1. The number of hydrogen-bond acceptors (Lipinski definition) is 5. The first-order valence-corrected chi connectivity index (χ1v) is 13.5. The molecule has 0 fully saturated rings. The molecule has 9 nitrogen and oxygen atoms in total. The summed E-state index contributed by atoms with van der Waals surface area (Å²) < 4.78 is 7.56. The van der Waals surface area contributed by atoms with Crippen molar-refractivity contribution in [2.45, 2.75) is 26.4 Å². The van der Waals surface area contributed by atoms with Crippen molar-refractivity contribution in [3.63, 3.8) is 0 Å². The topological polar surface area (TPSA) is 143 Å². The minimum atomic E-state index is -1.13. The number of amides is 1. The smallest absolute Gasteiger partial charge is 0.336 e. The van der Waals surface area contributed by atoms with Crippen LogP contribution in [0.15, 0.2) is 85.2 Å². The zero-order chi connectivity index (χ0) is 29.8. The van der Waals surface area contributed by atoms with Gasteiger partial charge in [0.15, 0.2) is 0 Å². The van der Waals surface area contributed by atoms with Gasteiger partial charge in [-0.2, -0.15) is 0 Å². The minimum Gasteiger partial charge on any atom is -0.496 e. The summed E-state index contributed by atoms with van der Waals surface area (Å²) in [4.78, 5) is 30.0. The molecule has 0 bridgehead atoms. The number of carboxylic acid groups (broad SMARTS) is 1. The van der Waals surface area contributed by atoms with Crippen LogP contribution >= 0.6 is 0 Å². The van der Waals surface area contributed by atoms with E-state index < -0.39 is 11.9 Å². The summed E-state index contributed by atoms with van der Waals surface area (Å²) in [5.41, 5.74) is 11.4. The van der Waals surface area contributed by atoms with E-state index in [0.717, 1.165) is 28.6 Å². The lowest BCUT2D eigenvalue weighted by Gasteiger charge is -2.16. The van der Waals surface area contributed by atoms with E-state index in [1.807, 2.05) is 54.6 Å². The number of aromatic carboxylic acids is 1. The molecule has 0 radical (unpaired) electrons. The van der Waals surface area contributed by atoms with Crippen molar-refractivity contribution in [1.82, 2.24) is 14.9 Å². The van der Waals surface area contributed by atoms with Gasteiger partial charge in [0.2, 0.25) is 0 Å². The first-order valence-electron chi connectivity index (χ1n) is 13.5. The molecule has 5 N–H and O–H groups in total. The van der Waals surface area contributed by atoms with E-state index in [1.54, 1.807) is 18.3 Å². The molecule has 2 heterocycles. The first kappa shape index (κ1) is 28.1. The quantitative estimate of drug-likeness (QED) is 0.136. The third-order valence-electron chi connectivity index (χ3n) is 7.28. The average Bonchev–Trinajstić information content (AvgIpc) is 3.36. The maximum absolute atomic E-state index is 13.3. The van der Waals surface area contributed by atoms with E-state index >= 15 is 0 Å². The van der Waals surface area contributed by atoms with Crippen molar-refractivity contribution in [3.8, 4) is 16.9 Å². The summed E-state index contributed by atoms with van der Waals surface area (Å²) in [6.07, 6.45) is 4.25. The van der Waals surface area contributed by atoms with E-state index in [4.69, 9.17) is 15.9 Å². The molecule has 0 atom stereocenters. The molecule has 2 aromatic heterocycles. The molecule has 0 aliphatic carbocycles. The number of hydrogen-bond donors (Lipinski definition) is 4. The van der Waals surface area contributed by atoms with Gasteiger partial charge in [0.25, 0.3) is 5.91 Å². The van der Waals surface area contributed by atoms with E-state index in [0.29, 0.717) is 28.8 Å². The van der Waals surface area contributed by atoms with Crippen LogP contribution in [-0.4, -0.2) is 39.5 Å². The summed E-state index contributed by atoms with van der Waals surface area (Å²) in [6.45, 7) is 2.99. The number of nitrogens with zero attached hydrogens (tertiary/aromatic N) is 2. The van der Waals surface area contributed by atoms with Gasteiger partial charge in [0, 0.05) is 41.8 Å². The van der Waals surface area contributed by atoms with Gasteiger partial charge in [0.1, 0.15) is 11.6 Å². The number of nitrogen functional groups attached to an aromatic ring is 1. The highest BCUT2D eigenvalue weighted by Gasteiger charge is 2.23. The fraction of sp³-hybridized carbons (Fsp3) is 0.152. The van der Waals surface area contributed by atoms with Gasteiger partial charge in [-0.3, -0.25) is 15.2 Å². The number of rotatable bonds is 10. The third-order valence-corrected chi connectivity index (χ3v) is 7.28. The first-order chi connectivity index (χ1) is 20.3. The minimum absolute atomic E-state index is 0.00762. The molecular formula is C33H31N5O4. The SMILES string of the molecule is CCn1cc(Cc2ccccc2-c2cc(C(=O)NCc3ccccn3)c(OC)cc2C(=O)O)c2ccc(C(=N)N)cc21. The molecule has 5 aromatic rings. The highest BCUT2D eigenvalue weighted by molar-refractivity contribution is 6.04. The second kappa shape index (κ2) is 12.0. The Labute approximate surface area is 243 Å². The Kier molecular flexibility index (Phi) is 8.01. The lowest BCUT2D eigenvalue weighted by atomic mass is 9.90. The molecule has 0 aliphatic heterocycles. The van der Waals surface area contributed by atoms with Gasteiger partial charge < -0.3 is 25.5 Å². The Hall–Kier alpha value is -5.44. The second-order valence-electron chi connectivity index (χ2n) is 9.83. The number of pyridine rings is 1. The van der Waals surface area contributed by atoms with Crippen LogP contribution in [0.1, 0.15) is 50.0 Å². The number of carbonyl (C=O) groups is 2. The van der Waals surface area contributed by atoms with Crippen LogP contribution in [0.5, 0.6) is 5.75 Å². The van der Waals surface area contributed by atoms with Crippen molar-refractivity contribution in [1.29, 1.82) is 5.41 Å². The van der Waals surface area contributed by atoms with E-state index in [9.17, 15) is 14.7 Å². The monoisotopic (exact) mass is 561 g/mol. The Balaban J connectivity index is 1.57. The molecule has 5 rings (SSSR count). The number of aryl methyl sites for hydroxylation is 1. The molecule has 9 heteroatoms. The van der Waals surface area contributed by atoms with E-state index in [1.165, 1.54) is 13.2 Å². The molecule has 0 spiro atoms. The lowest BCUT2D eigenvalue weighted by Crippen LogP contribution is -2.24. The van der Waals surface area contributed by atoms with Crippen LogP contribution in [-0.2, 0) is 19.5 Å². The van der Waals surface area contributed by atoms with Crippen LogP contribution in [0.4, 0.5) is 0 Å². The number of amidine groups is 1. The van der Waals surface area contributed by atoms with Gasteiger partial charge in [-0.05, 0) is 59.5 Å². The summed E-state index contributed by atoms with van der Waals surface area (Å²) >= 11 is 0. The van der Waals surface area contributed by atoms with Crippen LogP contribution < -0.4 is 15.8 Å². The van der Waals surface area contributed by atoms with Gasteiger partial charge in [-0.15, -0.1) is 0 Å². The Bertz CT molecular complexity index is 1810. The number of fused-ring (bicyclic) bond motifs is 1. The van der Waals surface area contributed by atoms with E-state index in [-0.39, 0.29) is 29.3 Å². The maximum Gasteiger partial charge on any atom is 0.336 e. The molecule has 1 amide bonds. The van der Waals surface area contributed by atoms with Gasteiger partial charge in [-0.25, -0.2) is 4.79 Å². The molecule has 0 saturated heterocycles. The van der Waals surface area contributed by atoms with Gasteiger partial charge >= 0.3 is 5.97 Å². The fourth-order valence-electron chi connectivity index (χ4n) is 5.18. The van der Waals surface area contributed by atoms with E-state index in [2.05, 4.69) is 28.0 Å². The molecular weight excluding hydrogens is 530 g/mol. The standard InChI is InChI=1S/C33H31N5O4/c1-3-38-19-22(25-12-11-21(31(34)35)15-29(25)38)14-20-8-4-5-10-24(20)26-16-28(30(42-2)17-27(26)33(40)41)32(39)37-18-23-9-6-7-13-36-23/h4-13,15-17,19H,3,14,18H2,1-2H3,(H3,34,35)(H,37,39)(H,40,41). The fourth-order valence-corrected chi connectivity index (χ4v) is 5.18. The van der Waals surface area contributed by atoms with Gasteiger partial charge in [-0.1, -0.05) is 42.5 Å². The predicted molar refractivity (Wildman–Crippen MR) is 162 cm³/mol. The van der Waals surface area contributed by atoms with Crippen LogP contribution in [0.2, 0.25) is 0 Å². The Morgan fingerprint density at radius 1 is 1.00 bits per heavy atom. The molecule has 3 aromatic carbocycles. The third kappa shape index (κ3) is 5.57. The number of methoxy groups -OCH3 is 1. The molecule has 42 heavy (non-hydrogen) atoms. The molecule has 0 saturated carbocycles. The zero-order valence-electron chi connectivity index (χ0n) is 23.3. The average molecular weight is 562 g/mol. The van der Waals surface area contributed by atoms with Crippen molar-refractivity contribution >= 4 is 28.6 Å². The number of aromatic nitrogens is 2. The van der Waals surface area contributed by atoms with Crippen molar-refractivity contribution in [2.24, 2.45) is 5.73 Å². The molecule has 0 unspecified atom stereocenters. The molecule has 212 valence electrons.